The standard InChI is InChI=1S/C13H20ClNO3.ClH/c1-4-10(8-16)15-7-9-5-11(14)13(18-3)12(6-9)17-2;/h5-6,10,15-16H,4,7-8H2,1-3H3;1H/p-1. The second-order valence-electron chi connectivity index (χ2n) is 3.98. The molecular weight excluding hydrogens is 289 g/mol. The second kappa shape index (κ2) is 9.26. The zero-order valence-electron chi connectivity index (χ0n) is 11.4. The van der Waals surface area contributed by atoms with Crippen LogP contribution in [-0.2, 0) is 6.54 Å². The van der Waals surface area contributed by atoms with Crippen molar-refractivity contribution in [1.82, 2.24) is 5.32 Å². The van der Waals surface area contributed by atoms with Crippen LogP contribution in [0.4, 0.5) is 0 Å². The molecule has 0 aliphatic rings. The van der Waals surface area contributed by atoms with Crippen LogP contribution in [0.3, 0.4) is 0 Å². The summed E-state index contributed by atoms with van der Waals surface area (Å²) in [6.07, 6.45) is 0.873. The SMILES string of the molecule is CCC(CO)NCc1cc(Cl)c(OC)c(OC)c1.[Cl-]. The van der Waals surface area contributed by atoms with Crippen molar-refractivity contribution >= 4 is 11.6 Å². The summed E-state index contributed by atoms with van der Waals surface area (Å²) in [6, 6.07) is 3.80. The van der Waals surface area contributed by atoms with Crippen molar-refractivity contribution in [3.05, 3.63) is 22.7 Å². The molecule has 0 radical (unpaired) electrons. The zero-order chi connectivity index (χ0) is 13.5. The number of methoxy groups -OCH3 is 2. The maximum atomic E-state index is 9.11. The average molecular weight is 309 g/mol. The van der Waals surface area contributed by atoms with Gasteiger partial charge in [-0.1, -0.05) is 18.5 Å². The smallest absolute Gasteiger partial charge is 0.179 e. The Kier molecular flexibility index (Phi) is 8.93. The highest BCUT2D eigenvalue weighted by Gasteiger charge is 2.11. The summed E-state index contributed by atoms with van der Waals surface area (Å²) >= 11 is 6.11. The van der Waals surface area contributed by atoms with Crippen molar-refractivity contribution in [3.63, 3.8) is 0 Å². The number of nitrogens with one attached hydrogen (secondary N) is 1. The molecule has 0 aromatic heterocycles. The van der Waals surface area contributed by atoms with E-state index in [0.29, 0.717) is 23.1 Å². The third-order valence-electron chi connectivity index (χ3n) is 2.80. The van der Waals surface area contributed by atoms with Gasteiger partial charge in [-0.3, -0.25) is 0 Å². The van der Waals surface area contributed by atoms with E-state index in [4.69, 9.17) is 26.2 Å². The predicted molar refractivity (Wildman–Crippen MR) is 72.6 cm³/mol. The second-order valence-corrected chi connectivity index (χ2v) is 4.39. The van der Waals surface area contributed by atoms with Crippen molar-refractivity contribution in [3.8, 4) is 11.5 Å². The number of hydrogen-bond donors (Lipinski definition) is 2. The Bertz CT molecular complexity index is 384. The van der Waals surface area contributed by atoms with Crippen molar-refractivity contribution in [1.29, 1.82) is 0 Å². The van der Waals surface area contributed by atoms with Gasteiger partial charge in [-0.2, -0.15) is 0 Å². The number of halogens is 2. The third-order valence-corrected chi connectivity index (χ3v) is 3.08. The molecule has 110 valence electrons. The monoisotopic (exact) mass is 308 g/mol. The van der Waals surface area contributed by atoms with Gasteiger partial charge in [0.2, 0.25) is 0 Å². The van der Waals surface area contributed by atoms with Crippen LogP contribution < -0.4 is 27.2 Å². The third kappa shape index (κ3) is 5.07. The normalized spacial score (nSPS) is 11.6. The van der Waals surface area contributed by atoms with Crippen molar-refractivity contribution < 1.29 is 27.0 Å². The van der Waals surface area contributed by atoms with Crippen molar-refractivity contribution in [2.45, 2.75) is 25.9 Å². The number of benzene rings is 1. The summed E-state index contributed by atoms with van der Waals surface area (Å²) in [5, 5.41) is 12.9. The van der Waals surface area contributed by atoms with E-state index in [2.05, 4.69) is 5.32 Å². The fourth-order valence-corrected chi connectivity index (χ4v) is 1.98. The Balaban J connectivity index is 0.00000324. The summed E-state index contributed by atoms with van der Waals surface area (Å²) in [5.74, 6) is 1.15. The van der Waals surface area contributed by atoms with Crippen LogP contribution in [0.5, 0.6) is 11.5 Å². The zero-order valence-corrected chi connectivity index (χ0v) is 12.9. The average Bonchev–Trinajstić information content (AvgIpc) is 2.39. The minimum absolute atomic E-state index is 0. The quantitative estimate of drug-likeness (QED) is 0.694. The van der Waals surface area contributed by atoms with E-state index in [0.717, 1.165) is 12.0 Å². The van der Waals surface area contributed by atoms with E-state index in [1.165, 1.54) is 0 Å². The first-order valence-corrected chi connectivity index (χ1v) is 6.28. The van der Waals surface area contributed by atoms with Gasteiger partial charge in [-0.15, -0.1) is 0 Å². The topological polar surface area (TPSA) is 50.7 Å². The number of aliphatic hydroxyl groups is 1. The van der Waals surface area contributed by atoms with E-state index in [1.807, 2.05) is 19.1 Å². The fraction of sp³-hybridized carbons (Fsp3) is 0.538. The van der Waals surface area contributed by atoms with Gasteiger partial charge in [-0.25, -0.2) is 0 Å². The van der Waals surface area contributed by atoms with Crippen molar-refractivity contribution in [2.75, 3.05) is 20.8 Å². The van der Waals surface area contributed by atoms with Gasteiger partial charge < -0.3 is 32.3 Å². The van der Waals surface area contributed by atoms with Crippen LogP contribution in [0.2, 0.25) is 5.02 Å². The molecule has 0 saturated heterocycles. The summed E-state index contributed by atoms with van der Waals surface area (Å²) in [5.41, 5.74) is 0.990. The van der Waals surface area contributed by atoms with Gasteiger partial charge in [0, 0.05) is 12.6 Å². The molecule has 1 atom stereocenters. The Labute approximate surface area is 125 Å². The minimum atomic E-state index is 0. The molecule has 0 heterocycles. The Hall–Kier alpha value is -0.680. The predicted octanol–water partition coefficient (Wildman–Crippen LogP) is -0.778. The molecule has 0 aliphatic carbocycles. The van der Waals surface area contributed by atoms with Crippen LogP contribution >= 0.6 is 11.6 Å². The summed E-state index contributed by atoms with van der Waals surface area (Å²) < 4.78 is 10.4. The lowest BCUT2D eigenvalue weighted by Gasteiger charge is -2.16. The van der Waals surface area contributed by atoms with E-state index < -0.39 is 0 Å². The molecule has 0 fully saturated rings. The van der Waals surface area contributed by atoms with E-state index in [1.54, 1.807) is 14.2 Å². The van der Waals surface area contributed by atoms with Crippen LogP contribution in [0.1, 0.15) is 18.9 Å². The molecule has 4 nitrogen and oxygen atoms in total. The van der Waals surface area contributed by atoms with Crippen LogP contribution in [0.25, 0.3) is 0 Å². The lowest BCUT2D eigenvalue weighted by atomic mass is 10.1. The summed E-state index contributed by atoms with van der Waals surface area (Å²) in [6.45, 7) is 2.77. The molecule has 0 spiro atoms. The summed E-state index contributed by atoms with van der Waals surface area (Å²) in [4.78, 5) is 0. The molecule has 0 amide bonds. The number of aliphatic hydroxyl groups excluding tert-OH is 1. The molecule has 1 rings (SSSR count). The van der Waals surface area contributed by atoms with E-state index in [-0.39, 0.29) is 25.1 Å². The molecule has 0 saturated carbocycles. The van der Waals surface area contributed by atoms with Crippen LogP contribution in [0.15, 0.2) is 12.1 Å². The lowest BCUT2D eigenvalue weighted by molar-refractivity contribution is -0.00000526. The van der Waals surface area contributed by atoms with Crippen LogP contribution in [0, 0.1) is 0 Å². The van der Waals surface area contributed by atoms with E-state index >= 15 is 0 Å². The largest absolute Gasteiger partial charge is 1.00 e. The molecule has 0 bridgehead atoms. The highest BCUT2D eigenvalue weighted by Crippen LogP contribution is 2.35. The maximum absolute atomic E-state index is 9.11. The number of rotatable bonds is 7. The number of hydrogen-bond acceptors (Lipinski definition) is 4. The first-order chi connectivity index (χ1) is 8.65. The molecule has 6 heteroatoms. The Morgan fingerprint density at radius 1 is 1.32 bits per heavy atom. The molecule has 1 aromatic rings. The van der Waals surface area contributed by atoms with Gasteiger partial charge in [0.25, 0.3) is 0 Å². The van der Waals surface area contributed by atoms with Crippen molar-refractivity contribution in [2.24, 2.45) is 0 Å². The van der Waals surface area contributed by atoms with Gasteiger partial charge >= 0.3 is 0 Å². The first kappa shape index (κ1) is 18.3. The van der Waals surface area contributed by atoms with Gasteiger partial charge in [0.1, 0.15) is 0 Å². The van der Waals surface area contributed by atoms with Crippen LogP contribution in [-0.4, -0.2) is 32.0 Å². The minimum Gasteiger partial charge on any atom is -1.00 e. The first-order valence-electron chi connectivity index (χ1n) is 5.90. The van der Waals surface area contributed by atoms with Gasteiger partial charge in [0.15, 0.2) is 11.5 Å². The molecule has 2 N–H and O–H groups in total. The maximum Gasteiger partial charge on any atom is 0.179 e. The molecule has 0 aliphatic heterocycles. The highest BCUT2D eigenvalue weighted by atomic mass is 35.5. The van der Waals surface area contributed by atoms with Gasteiger partial charge in [0.05, 0.1) is 25.8 Å². The molecule has 1 unspecified atom stereocenters. The fourth-order valence-electron chi connectivity index (χ4n) is 1.67. The Morgan fingerprint density at radius 2 is 2.00 bits per heavy atom. The lowest BCUT2D eigenvalue weighted by Crippen LogP contribution is -3.00. The Morgan fingerprint density at radius 3 is 2.47 bits per heavy atom. The highest BCUT2D eigenvalue weighted by molar-refractivity contribution is 6.32. The van der Waals surface area contributed by atoms with Gasteiger partial charge in [-0.05, 0) is 24.1 Å². The number of ether oxygens (including phenoxy) is 2. The molecular formula is C13H20Cl2NO3-. The molecule has 1 aromatic carbocycles. The molecule has 19 heavy (non-hydrogen) atoms. The summed E-state index contributed by atoms with van der Waals surface area (Å²) in [7, 11) is 3.13. The van der Waals surface area contributed by atoms with E-state index in [9.17, 15) is 0 Å².